The molecule has 0 N–H and O–H groups in total. The van der Waals surface area contributed by atoms with E-state index >= 15 is 0 Å². The first kappa shape index (κ1) is 18.0. The van der Waals surface area contributed by atoms with Gasteiger partial charge in [-0.1, -0.05) is 41.5 Å². The predicted molar refractivity (Wildman–Crippen MR) is 74.8 cm³/mol. The van der Waals surface area contributed by atoms with Crippen LogP contribution < -0.4 is 5.30 Å². The number of hydrogen-bond donors (Lipinski definition) is 0. The summed E-state index contributed by atoms with van der Waals surface area (Å²) in [6, 6.07) is 0. The Bertz CT molecular complexity index is 550. The first-order valence-corrected chi connectivity index (χ1v) is 7.67. The average molecular weight is 323 g/mol. The van der Waals surface area contributed by atoms with Gasteiger partial charge < -0.3 is 0 Å². The Morgan fingerprint density at radius 2 is 1.29 bits per heavy atom. The number of rotatable bonds is 2. The van der Waals surface area contributed by atoms with Crippen molar-refractivity contribution in [2.75, 3.05) is 0 Å². The summed E-state index contributed by atoms with van der Waals surface area (Å²) in [4.78, 5) is 15.1. The Morgan fingerprint density at radius 3 is 1.57 bits per heavy atom. The van der Waals surface area contributed by atoms with Crippen LogP contribution in [-0.2, 0) is 4.79 Å². The zero-order chi connectivity index (χ0) is 16.7. The molecule has 7 heteroatoms. The Kier molecular flexibility index (Phi) is 4.84. The van der Waals surface area contributed by atoms with Gasteiger partial charge in [0.1, 0.15) is 0 Å². The molecule has 1 rings (SSSR count). The third kappa shape index (κ3) is 3.60. The summed E-state index contributed by atoms with van der Waals surface area (Å²) < 4.78 is 54.7. The van der Waals surface area contributed by atoms with Crippen molar-refractivity contribution in [2.24, 2.45) is 5.41 Å². The standard InChI is InChI=1S/C14H18F4NOP/c1-13(2,3)12(20)21(14(4,5)6)9-7(15)10(17)19-11(18)8(9)16/h1-6H3. The molecule has 0 fully saturated rings. The molecule has 1 aromatic heterocycles. The van der Waals surface area contributed by atoms with Gasteiger partial charge in [-0.2, -0.15) is 13.8 Å². The first-order chi connectivity index (χ1) is 9.28. The molecular formula is C14H18F4NOP. The van der Waals surface area contributed by atoms with Crippen molar-refractivity contribution in [2.45, 2.75) is 46.7 Å². The van der Waals surface area contributed by atoms with Gasteiger partial charge >= 0.3 is 0 Å². The fraction of sp³-hybridized carbons (Fsp3) is 0.571. The smallest absolute Gasteiger partial charge is 0.252 e. The van der Waals surface area contributed by atoms with Crippen LogP contribution in [0.1, 0.15) is 41.5 Å². The van der Waals surface area contributed by atoms with Gasteiger partial charge in [-0.25, -0.2) is 8.78 Å². The Balaban J connectivity index is 3.68. The lowest BCUT2D eigenvalue weighted by Gasteiger charge is -2.34. The molecule has 0 aliphatic rings. The molecule has 1 unspecified atom stereocenters. The third-order valence-electron chi connectivity index (χ3n) is 2.71. The summed E-state index contributed by atoms with van der Waals surface area (Å²) in [7, 11) is -2.13. The number of halogens is 4. The first-order valence-electron chi connectivity index (χ1n) is 6.33. The van der Waals surface area contributed by atoms with Crippen molar-refractivity contribution < 1.29 is 22.4 Å². The van der Waals surface area contributed by atoms with E-state index in [0.717, 1.165) is 0 Å². The lowest BCUT2D eigenvalue weighted by atomic mass is 9.99. The SMILES string of the molecule is CC(C)(C)C(=O)P(c1c(F)c(F)nc(F)c1F)C(C)(C)C. The molecule has 1 heterocycles. The topological polar surface area (TPSA) is 30.0 Å². The van der Waals surface area contributed by atoms with Gasteiger partial charge in [-0.3, -0.25) is 4.79 Å². The second kappa shape index (κ2) is 5.64. The Labute approximate surface area is 122 Å². The van der Waals surface area contributed by atoms with Crippen molar-refractivity contribution in [3.63, 3.8) is 0 Å². The van der Waals surface area contributed by atoms with Crippen LogP contribution in [0.5, 0.6) is 0 Å². The molecule has 21 heavy (non-hydrogen) atoms. The number of carbonyl (C=O) groups is 1. The van der Waals surface area contributed by atoms with Gasteiger partial charge in [0, 0.05) is 13.3 Å². The van der Waals surface area contributed by atoms with Crippen LogP contribution in [0.2, 0.25) is 0 Å². The summed E-state index contributed by atoms with van der Waals surface area (Å²) in [5.74, 6) is -6.65. The van der Waals surface area contributed by atoms with Crippen molar-refractivity contribution >= 4 is 18.8 Å². The average Bonchev–Trinajstić information content (AvgIpc) is 2.28. The van der Waals surface area contributed by atoms with Crippen LogP contribution in [0.3, 0.4) is 0 Å². The molecule has 0 aliphatic heterocycles. The molecule has 0 aromatic carbocycles. The fourth-order valence-electron chi connectivity index (χ4n) is 1.75. The number of carbonyl (C=O) groups excluding carboxylic acids is 1. The largest absolute Gasteiger partial charge is 0.294 e. The van der Waals surface area contributed by atoms with Gasteiger partial charge in [0.2, 0.25) is 0 Å². The van der Waals surface area contributed by atoms with E-state index in [1.165, 1.54) is 0 Å². The second-order valence-electron chi connectivity index (χ2n) is 6.73. The van der Waals surface area contributed by atoms with Crippen molar-refractivity contribution in [1.29, 1.82) is 0 Å². The molecule has 0 bridgehead atoms. The highest BCUT2D eigenvalue weighted by molar-refractivity contribution is 7.82. The van der Waals surface area contributed by atoms with E-state index < -0.39 is 52.9 Å². The van der Waals surface area contributed by atoms with Crippen molar-refractivity contribution in [3.05, 3.63) is 23.5 Å². The summed E-state index contributed by atoms with van der Waals surface area (Å²) in [5.41, 5.74) is -1.33. The number of aromatic nitrogens is 1. The van der Waals surface area contributed by atoms with E-state index in [-0.39, 0.29) is 0 Å². The highest BCUT2D eigenvalue weighted by Crippen LogP contribution is 2.54. The van der Waals surface area contributed by atoms with Crippen LogP contribution >= 0.6 is 7.92 Å². The van der Waals surface area contributed by atoms with E-state index in [9.17, 15) is 22.4 Å². The van der Waals surface area contributed by atoms with Crippen molar-refractivity contribution in [3.8, 4) is 0 Å². The molecule has 1 atom stereocenters. The summed E-state index contributed by atoms with van der Waals surface area (Å²) in [5, 5.41) is -1.69. The number of nitrogens with zero attached hydrogens (tertiary/aromatic N) is 1. The summed E-state index contributed by atoms with van der Waals surface area (Å²) in [6.07, 6.45) is 0. The minimum absolute atomic E-state index is 0.437. The third-order valence-corrected chi connectivity index (χ3v) is 5.97. The van der Waals surface area contributed by atoms with E-state index in [0.29, 0.717) is 0 Å². The predicted octanol–water partition coefficient (Wildman–Crippen LogP) is 4.12. The quantitative estimate of drug-likeness (QED) is 0.466. The lowest BCUT2D eigenvalue weighted by Crippen LogP contribution is -2.35. The van der Waals surface area contributed by atoms with Crippen LogP contribution in [0.25, 0.3) is 0 Å². The molecule has 0 radical (unpaired) electrons. The van der Waals surface area contributed by atoms with Crippen molar-refractivity contribution in [1.82, 2.24) is 4.98 Å². The van der Waals surface area contributed by atoms with Gasteiger partial charge in [-0.15, -0.1) is 0 Å². The molecule has 0 saturated heterocycles. The molecule has 0 spiro atoms. The van der Waals surface area contributed by atoms with Gasteiger partial charge in [0.15, 0.2) is 17.2 Å². The van der Waals surface area contributed by atoms with E-state index in [2.05, 4.69) is 4.98 Å². The normalized spacial score (nSPS) is 14.2. The number of pyridine rings is 1. The highest BCUT2D eigenvalue weighted by atomic mass is 31.1. The lowest BCUT2D eigenvalue weighted by molar-refractivity contribution is -0.118. The van der Waals surface area contributed by atoms with Gasteiger partial charge in [0.25, 0.3) is 11.9 Å². The minimum atomic E-state index is -2.13. The summed E-state index contributed by atoms with van der Waals surface area (Å²) in [6.45, 7) is 9.62. The fourth-order valence-corrected chi connectivity index (χ4v) is 4.48. The summed E-state index contributed by atoms with van der Waals surface area (Å²) >= 11 is 0. The zero-order valence-electron chi connectivity index (χ0n) is 12.8. The molecule has 0 amide bonds. The second-order valence-corrected chi connectivity index (χ2v) is 9.60. The highest BCUT2D eigenvalue weighted by Gasteiger charge is 2.42. The maximum Gasteiger partial charge on any atom is 0.252 e. The maximum absolute atomic E-state index is 14.0. The van der Waals surface area contributed by atoms with E-state index in [1.54, 1.807) is 41.5 Å². The molecule has 118 valence electrons. The molecule has 0 saturated carbocycles. The van der Waals surface area contributed by atoms with Gasteiger partial charge in [-0.05, 0) is 5.16 Å². The van der Waals surface area contributed by atoms with Crippen LogP contribution in [0.4, 0.5) is 17.6 Å². The monoisotopic (exact) mass is 323 g/mol. The Morgan fingerprint density at radius 1 is 0.905 bits per heavy atom. The zero-order valence-corrected chi connectivity index (χ0v) is 13.7. The minimum Gasteiger partial charge on any atom is -0.294 e. The van der Waals surface area contributed by atoms with Gasteiger partial charge in [0.05, 0.1) is 5.30 Å². The molecule has 2 nitrogen and oxygen atoms in total. The maximum atomic E-state index is 14.0. The molecule has 0 aliphatic carbocycles. The van der Waals surface area contributed by atoms with Crippen LogP contribution in [-0.4, -0.2) is 15.7 Å². The van der Waals surface area contributed by atoms with E-state index in [1.807, 2.05) is 0 Å². The molecule has 1 aromatic rings. The molecular weight excluding hydrogens is 305 g/mol. The van der Waals surface area contributed by atoms with E-state index in [4.69, 9.17) is 0 Å². The number of hydrogen-bond acceptors (Lipinski definition) is 2. The van der Waals surface area contributed by atoms with Crippen LogP contribution in [0, 0.1) is 28.9 Å². The van der Waals surface area contributed by atoms with Crippen LogP contribution in [0.15, 0.2) is 0 Å². The Hall–Kier alpha value is -1.03.